The molecule has 0 atom stereocenters. The molecule has 114 valence electrons. The van der Waals surface area contributed by atoms with Crippen molar-refractivity contribution < 1.29 is 14.3 Å². The number of piperazine rings is 1. The lowest BCUT2D eigenvalue weighted by Gasteiger charge is -2.33. The molecule has 1 fully saturated rings. The summed E-state index contributed by atoms with van der Waals surface area (Å²) in [4.78, 5) is 31.3. The van der Waals surface area contributed by atoms with Crippen molar-refractivity contribution in [3.8, 4) is 0 Å². The molecule has 2 amide bonds. The number of carbonyl (C=O) groups is 2. The van der Waals surface area contributed by atoms with Gasteiger partial charge in [0.15, 0.2) is 0 Å². The van der Waals surface area contributed by atoms with Gasteiger partial charge in [-0.2, -0.15) is 0 Å². The van der Waals surface area contributed by atoms with Gasteiger partial charge in [-0.1, -0.05) is 0 Å². The Morgan fingerprint density at radius 3 is 2.57 bits per heavy atom. The third-order valence-electron chi connectivity index (χ3n) is 3.15. The standard InChI is InChI=1S/C14H19N3O3S/c1-3-20-14(19)17-8-6-16(7-9-17)13(18)5-4-12-10-21-11(2)15-12/h4-5,10H,3,6-9H2,1-2H3/b5-4+. The minimum Gasteiger partial charge on any atom is -0.450 e. The van der Waals surface area contributed by atoms with Gasteiger partial charge in [0.25, 0.3) is 0 Å². The molecule has 1 aliphatic rings. The fourth-order valence-corrected chi connectivity index (χ4v) is 2.62. The molecule has 1 aromatic rings. The average Bonchev–Trinajstić information content (AvgIpc) is 2.91. The number of aromatic nitrogens is 1. The van der Waals surface area contributed by atoms with Crippen molar-refractivity contribution in [2.24, 2.45) is 0 Å². The van der Waals surface area contributed by atoms with Crippen LogP contribution in [0.1, 0.15) is 17.6 Å². The van der Waals surface area contributed by atoms with Crippen LogP contribution < -0.4 is 0 Å². The quantitative estimate of drug-likeness (QED) is 0.798. The van der Waals surface area contributed by atoms with E-state index in [4.69, 9.17) is 4.74 Å². The lowest BCUT2D eigenvalue weighted by atomic mass is 10.3. The number of aryl methyl sites for hydroxylation is 1. The van der Waals surface area contributed by atoms with Crippen LogP contribution in [0.4, 0.5) is 4.79 Å². The van der Waals surface area contributed by atoms with E-state index in [-0.39, 0.29) is 12.0 Å². The van der Waals surface area contributed by atoms with E-state index in [2.05, 4.69) is 4.98 Å². The fourth-order valence-electron chi connectivity index (χ4n) is 2.04. The highest BCUT2D eigenvalue weighted by Gasteiger charge is 2.23. The smallest absolute Gasteiger partial charge is 0.409 e. The fraction of sp³-hybridized carbons (Fsp3) is 0.500. The first-order valence-corrected chi connectivity index (χ1v) is 7.79. The highest BCUT2D eigenvalue weighted by atomic mass is 32.1. The van der Waals surface area contributed by atoms with E-state index in [1.165, 1.54) is 6.08 Å². The van der Waals surface area contributed by atoms with Gasteiger partial charge in [-0.15, -0.1) is 11.3 Å². The molecule has 2 heterocycles. The summed E-state index contributed by atoms with van der Waals surface area (Å²) in [5, 5.41) is 2.89. The SMILES string of the molecule is CCOC(=O)N1CCN(C(=O)/C=C/c2csc(C)n2)CC1. The maximum absolute atomic E-state index is 12.1. The lowest BCUT2D eigenvalue weighted by Crippen LogP contribution is -2.50. The van der Waals surface area contributed by atoms with E-state index in [0.29, 0.717) is 32.8 Å². The summed E-state index contributed by atoms with van der Waals surface area (Å²) in [7, 11) is 0. The predicted octanol–water partition coefficient (Wildman–Crippen LogP) is 1.77. The summed E-state index contributed by atoms with van der Waals surface area (Å²) in [5.74, 6) is -0.0517. The number of nitrogens with zero attached hydrogens (tertiary/aromatic N) is 3. The number of hydrogen-bond donors (Lipinski definition) is 0. The van der Waals surface area contributed by atoms with Gasteiger partial charge in [0, 0.05) is 37.6 Å². The first kappa shape index (κ1) is 15.5. The number of ether oxygens (including phenoxy) is 1. The first-order chi connectivity index (χ1) is 10.1. The van der Waals surface area contributed by atoms with Crippen LogP contribution in [-0.4, -0.2) is 59.6 Å². The van der Waals surface area contributed by atoms with E-state index < -0.39 is 0 Å². The van der Waals surface area contributed by atoms with Crippen LogP contribution in [0.3, 0.4) is 0 Å². The van der Waals surface area contributed by atoms with Gasteiger partial charge >= 0.3 is 6.09 Å². The zero-order valence-corrected chi connectivity index (χ0v) is 13.1. The van der Waals surface area contributed by atoms with Gasteiger partial charge in [0.1, 0.15) is 0 Å². The molecule has 1 saturated heterocycles. The minimum absolute atomic E-state index is 0.0517. The van der Waals surface area contributed by atoms with Crippen molar-refractivity contribution in [1.82, 2.24) is 14.8 Å². The van der Waals surface area contributed by atoms with Crippen molar-refractivity contribution in [3.05, 3.63) is 22.2 Å². The highest BCUT2D eigenvalue weighted by Crippen LogP contribution is 2.10. The van der Waals surface area contributed by atoms with Gasteiger partial charge in [-0.05, 0) is 19.9 Å². The summed E-state index contributed by atoms with van der Waals surface area (Å²) in [6.45, 7) is 6.15. The maximum Gasteiger partial charge on any atom is 0.409 e. The van der Waals surface area contributed by atoms with Crippen molar-refractivity contribution in [3.63, 3.8) is 0 Å². The molecule has 0 unspecified atom stereocenters. The molecule has 0 aromatic carbocycles. The van der Waals surface area contributed by atoms with Crippen LogP contribution >= 0.6 is 11.3 Å². The zero-order chi connectivity index (χ0) is 15.2. The highest BCUT2D eigenvalue weighted by molar-refractivity contribution is 7.09. The largest absolute Gasteiger partial charge is 0.450 e. The molecule has 1 aromatic heterocycles. The van der Waals surface area contributed by atoms with E-state index in [9.17, 15) is 9.59 Å². The molecule has 0 bridgehead atoms. The van der Waals surface area contributed by atoms with Gasteiger partial charge in [-0.3, -0.25) is 4.79 Å². The summed E-state index contributed by atoms with van der Waals surface area (Å²) in [5.41, 5.74) is 0.802. The Morgan fingerprint density at radius 2 is 2.00 bits per heavy atom. The monoisotopic (exact) mass is 309 g/mol. The Morgan fingerprint density at radius 1 is 1.33 bits per heavy atom. The molecule has 2 rings (SSSR count). The third kappa shape index (κ3) is 4.29. The normalized spacial score (nSPS) is 15.5. The summed E-state index contributed by atoms with van der Waals surface area (Å²) >= 11 is 1.55. The first-order valence-electron chi connectivity index (χ1n) is 6.91. The molecule has 1 aliphatic heterocycles. The van der Waals surface area contributed by atoms with Crippen LogP contribution in [0.5, 0.6) is 0 Å². The van der Waals surface area contributed by atoms with Crippen molar-refractivity contribution in [1.29, 1.82) is 0 Å². The van der Waals surface area contributed by atoms with Gasteiger partial charge in [0.2, 0.25) is 5.91 Å². The molecule has 0 radical (unpaired) electrons. The van der Waals surface area contributed by atoms with E-state index in [1.54, 1.807) is 34.1 Å². The topological polar surface area (TPSA) is 62.7 Å². The summed E-state index contributed by atoms with van der Waals surface area (Å²) in [6.07, 6.45) is 2.95. The number of rotatable bonds is 3. The number of thiazole rings is 1. The Hall–Kier alpha value is -1.89. The van der Waals surface area contributed by atoms with Crippen LogP contribution in [0.2, 0.25) is 0 Å². The zero-order valence-electron chi connectivity index (χ0n) is 12.2. The molecule has 7 heteroatoms. The molecule has 6 nitrogen and oxygen atoms in total. The minimum atomic E-state index is -0.307. The molecule has 21 heavy (non-hydrogen) atoms. The maximum atomic E-state index is 12.1. The molecule has 0 saturated carbocycles. The van der Waals surface area contributed by atoms with Crippen molar-refractivity contribution >= 4 is 29.4 Å². The summed E-state index contributed by atoms with van der Waals surface area (Å²) in [6, 6.07) is 0. The Kier molecular flexibility index (Phi) is 5.32. The molecular weight excluding hydrogens is 290 g/mol. The molecule has 0 N–H and O–H groups in total. The second-order valence-corrected chi connectivity index (χ2v) is 5.70. The number of carbonyl (C=O) groups excluding carboxylic acids is 2. The Bertz CT molecular complexity index is 533. The molecular formula is C14H19N3O3S. The Balaban J connectivity index is 1.83. The lowest BCUT2D eigenvalue weighted by molar-refractivity contribution is -0.127. The van der Waals surface area contributed by atoms with Crippen molar-refractivity contribution in [2.45, 2.75) is 13.8 Å². The van der Waals surface area contributed by atoms with E-state index in [0.717, 1.165) is 10.7 Å². The van der Waals surface area contributed by atoms with Gasteiger partial charge in [0.05, 0.1) is 17.3 Å². The van der Waals surface area contributed by atoms with Gasteiger partial charge in [-0.25, -0.2) is 9.78 Å². The second-order valence-electron chi connectivity index (χ2n) is 4.64. The second kappa shape index (κ2) is 7.21. The third-order valence-corrected chi connectivity index (χ3v) is 3.94. The van der Waals surface area contributed by atoms with Gasteiger partial charge < -0.3 is 14.5 Å². The van der Waals surface area contributed by atoms with Crippen LogP contribution in [-0.2, 0) is 9.53 Å². The average molecular weight is 309 g/mol. The number of hydrogen-bond acceptors (Lipinski definition) is 5. The van der Waals surface area contributed by atoms with Crippen LogP contribution in [0, 0.1) is 6.92 Å². The van der Waals surface area contributed by atoms with E-state index >= 15 is 0 Å². The predicted molar refractivity (Wildman–Crippen MR) is 81.1 cm³/mol. The van der Waals surface area contributed by atoms with Crippen LogP contribution in [0.25, 0.3) is 6.08 Å². The molecule has 0 aliphatic carbocycles. The number of amides is 2. The van der Waals surface area contributed by atoms with E-state index in [1.807, 2.05) is 12.3 Å². The molecule has 0 spiro atoms. The summed E-state index contributed by atoms with van der Waals surface area (Å²) < 4.78 is 4.95. The van der Waals surface area contributed by atoms with Crippen LogP contribution in [0.15, 0.2) is 11.5 Å². The van der Waals surface area contributed by atoms with Crippen molar-refractivity contribution in [2.75, 3.05) is 32.8 Å². The Labute approximate surface area is 128 Å².